The van der Waals surface area contributed by atoms with Gasteiger partial charge in [-0.15, -0.1) is 6.42 Å². The lowest BCUT2D eigenvalue weighted by Crippen LogP contribution is -2.04. The number of alkyl halides is 1. The van der Waals surface area contributed by atoms with Crippen molar-refractivity contribution in [2.24, 2.45) is 4.99 Å². The number of hydrogen-bond acceptors (Lipinski definition) is 1. The SMILES string of the molecule is C#C/C=C(CCCC)\C(C)=C/CC(C)=NCC(=CC)C(C)F. The summed E-state index contributed by atoms with van der Waals surface area (Å²) < 4.78 is 13.3. The van der Waals surface area contributed by atoms with Gasteiger partial charge in [0.15, 0.2) is 0 Å². The van der Waals surface area contributed by atoms with Gasteiger partial charge in [0.25, 0.3) is 0 Å². The Hall–Kier alpha value is -1.62. The summed E-state index contributed by atoms with van der Waals surface area (Å²) in [6.07, 6.45) is 14.4. The molecule has 0 fully saturated rings. The van der Waals surface area contributed by atoms with Crippen LogP contribution in [0, 0.1) is 12.3 Å². The molecule has 22 heavy (non-hydrogen) atoms. The Morgan fingerprint density at radius 1 is 1.36 bits per heavy atom. The fourth-order valence-corrected chi connectivity index (χ4v) is 2.02. The molecule has 0 amide bonds. The smallest absolute Gasteiger partial charge is 0.120 e. The van der Waals surface area contributed by atoms with Gasteiger partial charge in [0.2, 0.25) is 0 Å². The summed E-state index contributed by atoms with van der Waals surface area (Å²) in [5, 5.41) is 0. The van der Waals surface area contributed by atoms with Crippen molar-refractivity contribution in [3.05, 3.63) is 34.9 Å². The highest BCUT2D eigenvalue weighted by atomic mass is 19.1. The molecule has 0 saturated heterocycles. The molecule has 0 aromatic rings. The van der Waals surface area contributed by atoms with Gasteiger partial charge in [-0.1, -0.05) is 37.0 Å². The zero-order valence-corrected chi connectivity index (χ0v) is 14.7. The predicted octanol–water partition coefficient (Wildman–Crippen LogP) is 5.84. The minimum Gasteiger partial charge on any atom is -0.290 e. The number of hydrogen-bond donors (Lipinski definition) is 0. The van der Waals surface area contributed by atoms with E-state index in [9.17, 15) is 4.39 Å². The summed E-state index contributed by atoms with van der Waals surface area (Å²) in [5.41, 5.74) is 4.18. The lowest BCUT2D eigenvalue weighted by Gasteiger charge is -2.08. The Balaban J connectivity index is 4.73. The first-order chi connectivity index (χ1) is 10.5. The van der Waals surface area contributed by atoms with Crippen LogP contribution in [0.5, 0.6) is 0 Å². The molecule has 0 N–H and O–H groups in total. The van der Waals surface area contributed by atoms with Gasteiger partial charge in [-0.05, 0) is 57.8 Å². The molecular weight excluding hydrogens is 273 g/mol. The van der Waals surface area contributed by atoms with Crippen LogP contribution < -0.4 is 0 Å². The molecule has 0 rings (SSSR count). The van der Waals surface area contributed by atoms with Gasteiger partial charge in [-0.2, -0.15) is 0 Å². The van der Waals surface area contributed by atoms with E-state index in [1.807, 2.05) is 19.9 Å². The Bertz CT molecular complexity index is 484. The molecule has 0 aliphatic carbocycles. The average Bonchev–Trinajstić information content (AvgIpc) is 2.49. The molecule has 1 unspecified atom stereocenters. The number of terminal acetylenes is 1. The van der Waals surface area contributed by atoms with E-state index >= 15 is 0 Å². The molecule has 0 heterocycles. The molecular formula is C20H30FN. The van der Waals surface area contributed by atoms with Crippen LogP contribution in [-0.4, -0.2) is 18.4 Å². The number of allylic oxidation sites excluding steroid dienone is 5. The van der Waals surface area contributed by atoms with Crippen LogP contribution in [0.25, 0.3) is 0 Å². The Morgan fingerprint density at radius 2 is 2.05 bits per heavy atom. The highest BCUT2D eigenvalue weighted by molar-refractivity contribution is 5.83. The summed E-state index contributed by atoms with van der Waals surface area (Å²) in [5.74, 6) is 2.62. The molecule has 1 atom stereocenters. The molecule has 2 heteroatoms. The summed E-state index contributed by atoms with van der Waals surface area (Å²) >= 11 is 0. The predicted molar refractivity (Wildman–Crippen MR) is 97.1 cm³/mol. The van der Waals surface area contributed by atoms with Crippen LogP contribution in [0.2, 0.25) is 0 Å². The molecule has 0 aromatic carbocycles. The fraction of sp³-hybridized carbons (Fsp3) is 0.550. The summed E-state index contributed by atoms with van der Waals surface area (Å²) in [6.45, 7) is 10.1. The Labute approximate surface area is 136 Å². The normalized spacial score (nSPS) is 15.7. The van der Waals surface area contributed by atoms with Gasteiger partial charge >= 0.3 is 0 Å². The first-order valence-corrected chi connectivity index (χ1v) is 8.07. The molecule has 0 spiro atoms. The molecule has 0 saturated carbocycles. The number of unbranched alkanes of at least 4 members (excludes halogenated alkanes) is 1. The second-order valence-electron chi connectivity index (χ2n) is 5.56. The van der Waals surface area contributed by atoms with Crippen LogP contribution in [0.1, 0.15) is 60.3 Å². The first-order valence-electron chi connectivity index (χ1n) is 8.07. The van der Waals surface area contributed by atoms with Crippen LogP contribution in [0.3, 0.4) is 0 Å². The van der Waals surface area contributed by atoms with Gasteiger partial charge < -0.3 is 0 Å². The third kappa shape index (κ3) is 8.62. The maximum atomic E-state index is 13.3. The van der Waals surface area contributed by atoms with E-state index in [2.05, 4.69) is 30.8 Å². The quantitative estimate of drug-likeness (QED) is 0.220. The molecule has 0 aromatic heterocycles. The van der Waals surface area contributed by atoms with Crippen molar-refractivity contribution in [2.45, 2.75) is 66.5 Å². The van der Waals surface area contributed by atoms with E-state index in [1.165, 1.54) is 11.1 Å². The molecule has 0 bridgehead atoms. The van der Waals surface area contributed by atoms with Crippen LogP contribution in [-0.2, 0) is 0 Å². The number of aliphatic imine (C=N–C) groups is 1. The van der Waals surface area contributed by atoms with Gasteiger partial charge in [-0.3, -0.25) is 4.99 Å². The average molecular weight is 303 g/mol. The van der Waals surface area contributed by atoms with Gasteiger partial charge in [0.05, 0.1) is 6.54 Å². The van der Waals surface area contributed by atoms with Crippen molar-refractivity contribution >= 4 is 5.71 Å². The van der Waals surface area contributed by atoms with Crippen molar-refractivity contribution in [1.82, 2.24) is 0 Å². The second kappa shape index (κ2) is 12.0. The highest BCUT2D eigenvalue weighted by Gasteiger charge is 2.04. The van der Waals surface area contributed by atoms with Crippen LogP contribution in [0.4, 0.5) is 4.39 Å². The molecule has 0 aliphatic rings. The fourth-order valence-electron chi connectivity index (χ4n) is 2.02. The maximum absolute atomic E-state index is 13.3. The van der Waals surface area contributed by atoms with E-state index in [4.69, 9.17) is 6.42 Å². The van der Waals surface area contributed by atoms with Crippen molar-refractivity contribution < 1.29 is 4.39 Å². The third-order valence-electron chi connectivity index (χ3n) is 3.68. The first kappa shape index (κ1) is 20.4. The number of halogens is 1. The third-order valence-corrected chi connectivity index (χ3v) is 3.68. The summed E-state index contributed by atoms with van der Waals surface area (Å²) in [6, 6.07) is 0. The molecule has 0 aliphatic heterocycles. The Morgan fingerprint density at radius 3 is 2.55 bits per heavy atom. The monoisotopic (exact) mass is 303 g/mol. The minimum atomic E-state index is -0.932. The number of nitrogens with zero attached hydrogens (tertiary/aromatic N) is 1. The largest absolute Gasteiger partial charge is 0.290 e. The van der Waals surface area contributed by atoms with Crippen molar-refractivity contribution in [3.8, 4) is 12.3 Å². The van der Waals surface area contributed by atoms with Crippen molar-refractivity contribution in [3.63, 3.8) is 0 Å². The molecule has 1 nitrogen and oxygen atoms in total. The maximum Gasteiger partial charge on any atom is 0.120 e. The molecule has 0 radical (unpaired) electrons. The summed E-state index contributed by atoms with van der Waals surface area (Å²) in [4.78, 5) is 4.46. The second-order valence-corrected chi connectivity index (χ2v) is 5.56. The zero-order valence-electron chi connectivity index (χ0n) is 14.7. The van der Waals surface area contributed by atoms with Crippen LogP contribution in [0.15, 0.2) is 39.9 Å². The minimum absolute atomic E-state index is 0.440. The van der Waals surface area contributed by atoms with Crippen molar-refractivity contribution in [2.75, 3.05) is 6.54 Å². The zero-order chi connectivity index (χ0) is 17.0. The Kier molecular flexibility index (Phi) is 11.1. The lowest BCUT2D eigenvalue weighted by molar-refractivity contribution is 0.407. The van der Waals surface area contributed by atoms with E-state index in [-0.39, 0.29) is 0 Å². The molecule has 122 valence electrons. The topological polar surface area (TPSA) is 12.4 Å². The van der Waals surface area contributed by atoms with Gasteiger partial charge in [0.1, 0.15) is 6.17 Å². The van der Waals surface area contributed by atoms with E-state index in [0.29, 0.717) is 6.54 Å². The highest BCUT2D eigenvalue weighted by Crippen LogP contribution is 2.17. The van der Waals surface area contributed by atoms with Crippen LogP contribution >= 0.6 is 0 Å². The lowest BCUT2D eigenvalue weighted by atomic mass is 10.00. The van der Waals surface area contributed by atoms with Gasteiger partial charge in [-0.25, -0.2) is 4.39 Å². The number of rotatable bonds is 9. The van der Waals surface area contributed by atoms with E-state index in [1.54, 1.807) is 13.0 Å². The summed E-state index contributed by atoms with van der Waals surface area (Å²) in [7, 11) is 0. The van der Waals surface area contributed by atoms with Gasteiger partial charge in [0, 0.05) is 12.1 Å². The van der Waals surface area contributed by atoms with Crippen molar-refractivity contribution in [1.29, 1.82) is 0 Å². The van der Waals surface area contributed by atoms with E-state index < -0.39 is 6.17 Å². The standard InChI is InChI=1S/C20H30FN/c1-7-10-12-20(11-8-2)16(4)13-14-17(5)22-15-19(9-3)18(6)21/h2,9,11,13,18H,7,10,12,14-15H2,1,3-6H3/b16-13-,19-9?,20-11-,22-17?. The van der Waals surface area contributed by atoms with E-state index in [0.717, 1.165) is 37.0 Å².